The summed E-state index contributed by atoms with van der Waals surface area (Å²) in [7, 11) is 0. The predicted molar refractivity (Wildman–Crippen MR) is 78.2 cm³/mol. The highest BCUT2D eigenvalue weighted by molar-refractivity contribution is 5.75. The van der Waals surface area contributed by atoms with Crippen molar-refractivity contribution in [2.75, 3.05) is 33.0 Å². The van der Waals surface area contributed by atoms with Crippen molar-refractivity contribution in [3.8, 4) is 0 Å². The van der Waals surface area contributed by atoms with E-state index in [1.165, 1.54) is 19.3 Å². The lowest BCUT2D eigenvalue weighted by molar-refractivity contribution is -0.122. The van der Waals surface area contributed by atoms with Crippen LogP contribution in [0.3, 0.4) is 0 Å². The number of carbonyl (C=O) groups is 1. The Bertz CT molecular complexity index is 208. The van der Waals surface area contributed by atoms with Crippen molar-refractivity contribution in [3.05, 3.63) is 0 Å². The summed E-state index contributed by atoms with van der Waals surface area (Å²) in [6, 6.07) is 0. The molecule has 0 aliphatic carbocycles. The van der Waals surface area contributed by atoms with Crippen LogP contribution in [0.25, 0.3) is 0 Å². The van der Waals surface area contributed by atoms with Crippen LogP contribution in [-0.2, 0) is 14.3 Å². The minimum absolute atomic E-state index is 0.0412. The summed E-state index contributed by atoms with van der Waals surface area (Å²) in [4.78, 5) is 11.4. The average molecular weight is 273 g/mol. The molecule has 0 radical (unpaired) electrons. The number of rotatable bonds is 13. The maximum Gasteiger partial charge on any atom is 0.222 e. The van der Waals surface area contributed by atoms with E-state index >= 15 is 0 Å². The van der Waals surface area contributed by atoms with Gasteiger partial charge in [0.15, 0.2) is 0 Å². The number of nitrogens with one attached hydrogen (secondary N) is 1. The lowest BCUT2D eigenvalue weighted by Crippen LogP contribution is -2.28. The van der Waals surface area contributed by atoms with Crippen molar-refractivity contribution in [2.45, 2.75) is 52.9 Å². The second kappa shape index (κ2) is 13.8. The van der Waals surface area contributed by atoms with Crippen molar-refractivity contribution in [3.63, 3.8) is 0 Å². The van der Waals surface area contributed by atoms with E-state index in [9.17, 15) is 4.79 Å². The lowest BCUT2D eigenvalue weighted by atomic mass is 10.1. The third-order valence-electron chi connectivity index (χ3n) is 2.82. The van der Waals surface area contributed by atoms with E-state index in [2.05, 4.69) is 19.2 Å². The molecule has 4 heteroatoms. The molecule has 0 fully saturated rings. The summed E-state index contributed by atoms with van der Waals surface area (Å²) >= 11 is 0. The zero-order valence-corrected chi connectivity index (χ0v) is 12.9. The fourth-order valence-electron chi connectivity index (χ4n) is 1.70. The predicted octanol–water partition coefficient (Wildman–Crippen LogP) is 2.76. The molecule has 0 aliphatic heterocycles. The van der Waals surface area contributed by atoms with Gasteiger partial charge in [0.05, 0.1) is 13.2 Å². The van der Waals surface area contributed by atoms with Crippen LogP contribution in [0, 0.1) is 5.92 Å². The molecule has 0 unspecified atom stereocenters. The molecule has 1 amide bonds. The number of carbonyl (C=O) groups excluding carboxylic acids is 1. The third kappa shape index (κ3) is 15.3. The van der Waals surface area contributed by atoms with E-state index in [1.807, 2.05) is 6.92 Å². The Balaban J connectivity index is 3.14. The largest absolute Gasteiger partial charge is 0.381 e. The van der Waals surface area contributed by atoms with Crippen LogP contribution in [0.15, 0.2) is 0 Å². The Morgan fingerprint density at radius 2 is 1.84 bits per heavy atom. The summed E-state index contributed by atoms with van der Waals surface area (Å²) in [5, 5.41) is 2.80. The van der Waals surface area contributed by atoms with Gasteiger partial charge in [-0.1, -0.05) is 33.1 Å². The smallest absolute Gasteiger partial charge is 0.222 e. The molecule has 1 N–H and O–H groups in total. The molecule has 114 valence electrons. The topological polar surface area (TPSA) is 47.6 Å². The van der Waals surface area contributed by atoms with Gasteiger partial charge in [0.1, 0.15) is 0 Å². The molecule has 4 nitrogen and oxygen atoms in total. The molecule has 0 aromatic carbocycles. The molecule has 0 spiro atoms. The van der Waals surface area contributed by atoms with Gasteiger partial charge >= 0.3 is 0 Å². The summed E-state index contributed by atoms with van der Waals surface area (Å²) in [5.41, 5.74) is 0. The van der Waals surface area contributed by atoms with E-state index < -0.39 is 0 Å². The van der Waals surface area contributed by atoms with Gasteiger partial charge in [0.25, 0.3) is 0 Å². The van der Waals surface area contributed by atoms with Crippen LogP contribution in [0.1, 0.15) is 52.9 Å². The molecule has 0 aliphatic rings. The molecule has 0 aromatic rings. The second-order valence-corrected chi connectivity index (χ2v) is 5.15. The van der Waals surface area contributed by atoms with Gasteiger partial charge in [-0.2, -0.15) is 0 Å². The van der Waals surface area contributed by atoms with Crippen molar-refractivity contribution in [1.82, 2.24) is 5.32 Å². The summed E-state index contributed by atoms with van der Waals surface area (Å²) in [5.74, 6) is 0.834. The maximum absolute atomic E-state index is 11.4. The summed E-state index contributed by atoms with van der Waals surface area (Å²) < 4.78 is 10.6. The molecule has 0 heterocycles. The Labute approximate surface area is 118 Å². The highest BCUT2D eigenvalue weighted by Gasteiger charge is 2.00. The molecule has 0 saturated carbocycles. The SMILES string of the molecule is CCOCCNC(=O)CCOCCCCCC(C)C. The molecule has 0 rings (SSSR count). The number of hydrogen-bond acceptors (Lipinski definition) is 3. The maximum atomic E-state index is 11.4. The van der Waals surface area contributed by atoms with Crippen LogP contribution in [0.4, 0.5) is 0 Å². The first-order valence-electron chi connectivity index (χ1n) is 7.59. The van der Waals surface area contributed by atoms with Gasteiger partial charge in [-0.05, 0) is 19.3 Å². The van der Waals surface area contributed by atoms with E-state index in [0.717, 1.165) is 18.9 Å². The molecule has 0 bridgehead atoms. The Morgan fingerprint density at radius 1 is 1.05 bits per heavy atom. The molecule has 19 heavy (non-hydrogen) atoms. The Morgan fingerprint density at radius 3 is 2.53 bits per heavy atom. The van der Waals surface area contributed by atoms with Crippen LogP contribution in [-0.4, -0.2) is 38.9 Å². The van der Waals surface area contributed by atoms with Crippen LogP contribution < -0.4 is 5.32 Å². The first-order chi connectivity index (χ1) is 9.16. The van der Waals surface area contributed by atoms with Gasteiger partial charge in [0, 0.05) is 26.2 Å². The molecular formula is C15H31NO3. The van der Waals surface area contributed by atoms with Gasteiger partial charge in [0.2, 0.25) is 5.91 Å². The fraction of sp³-hybridized carbons (Fsp3) is 0.933. The average Bonchev–Trinajstić information content (AvgIpc) is 2.37. The number of ether oxygens (including phenoxy) is 2. The molecular weight excluding hydrogens is 242 g/mol. The van der Waals surface area contributed by atoms with E-state index in [0.29, 0.717) is 32.8 Å². The zero-order valence-electron chi connectivity index (χ0n) is 12.9. The van der Waals surface area contributed by atoms with Gasteiger partial charge in [-0.25, -0.2) is 0 Å². The van der Waals surface area contributed by atoms with E-state index in [1.54, 1.807) is 0 Å². The summed E-state index contributed by atoms with van der Waals surface area (Å²) in [6.07, 6.45) is 5.33. The monoisotopic (exact) mass is 273 g/mol. The number of unbranched alkanes of at least 4 members (excludes halogenated alkanes) is 2. The van der Waals surface area contributed by atoms with Gasteiger partial charge < -0.3 is 14.8 Å². The van der Waals surface area contributed by atoms with Crippen molar-refractivity contribution in [1.29, 1.82) is 0 Å². The lowest BCUT2D eigenvalue weighted by Gasteiger charge is -2.07. The summed E-state index contributed by atoms with van der Waals surface area (Å²) in [6.45, 7) is 9.59. The Kier molecular flexibility index (Phi) is 13.4. The standard InChI is InChI=1S/C15H31NO3/c1-4-18-13-10-16-15(17)9-12-19-11-7-5-6-8-14(2)3/h14H,4-13H2,1-3H3,(H,16,17). The highest BCUT2D eigenvalue weighted by atomic mass is 16.5. The van der Waals surface area contributed by atoms with E-state index in [4.69, 9.17) is 9.47 Å². The van der Waals surface area contributed by atoms with Crippen molar-refractivity contribution in [2.24, 2.45) is 5.92 Å². The normalized spacial score (nSPS) is 10.9. The molecule has 0 saturated heterocycles. The Hall–Kier alpha value is -0.610. The molecule has 0 atom stereocenters. The molecule has 0 aromatic heterocycles. The van der Waals surface area contributed by atoms with E-state index in [-0.39, 0.29) is 5.91 Å². The third-order valence-corrected chi connectivity index (χ3v) is 2.82. The van der Waals surface area contributed by atoms with Crippen molar-refractivity contribution < 1.29 is 14.3 Å². The van der Waals surface area contributed by atoms with Gasteiger partial charge in [-0.3, -0.25) is 4.79 Å². The first-order valence-corrected chi connectivity index (χ1v) is 7.59. The van der Waals surface area contributed by atoms with Crippen LogP contribution in [0.5, 0.6) is 0 Å². The number of hydrogen-bond donors (Lipinski definition) is 1. The number of amides is 1. The second-order valence-electron chi connectivity index (χ2n) is 5.15. The minimum Gasteiger partial charge on any atom is -0.381 e. The van der Waals surface area contributed by atoms with Crippen LogP contribution >= 0.6 is 0 Å². The highest BCUT2D eigenvalue weighted by Crippen LogP contribution is 2.07. The van der Waals surface area contributed by atoms with Crippen molar-refractivity contribution >= 4 is 5.91 Å². The first kappa shape index (κ1) is 18.4. The zero-order chi connectivity index (χ0) is 14.3. The fourth-order valence-corrected chi connectivity index (χ4v) is 1.70. The quantitative estimate of drug-likeness (QED) is 0.525. The minimum atomic E-state index is 0.0412. The van der Waals surface area contributed by atoms with Gasteiger partial charge in [-0.15, -0.1) is 0 Å². The van der Waals surface area contributed by atoms with Crippen LogP contribution in [0.2, 0.25) is 0 Å².